The molecule has 9 heteroatoms. The van der Waals surface area contributed by atoms with Crippen molar-refractivity contribution in [2.45, 2.75) is 11.7 Å². The lowest BCUT2D eigenvalue weighted by Crippen LogP contribution is -2.34. The van der Waals surface area contributed by atoms with E-state index in [1.54, 1.807) is 0 Å². The Balaban J connectivity index is 2.39. The van der Waals surface area contributed by atoms with Crippen molar-refractivity contribution in [3.8, 4) is 0 Å². The number of H-pyrrole nitrogens is 1. The Labute approximate surface area is 111 Å². The number of pyridine rings is 1. The van der Waals surface area contributed by atoms with Gasteiger partial charge < -0.3 is 9.88 Å². The fourth-order valence-corrected chi connectivity index (χ4v) is 2.84. The number of aromatic nitrogens is 1. The van der Waals surface area contributed by atoms with Crippen LogP contribution in [0.25, 0.3) is 0 Å². The predicted molar refractivity (Wildman–Crippen MR) is 68.6 cm³/mol. The molecule has 1 aromatic heterocycles. The zero-order valence-corrected chi connectivity index (χ0v) is 11.5. The van der Waals surface area contributed by atoms with Crippen LogP contribution in [0.15, 0.2) is 21.7 Å². The second-order valence-corrected chi connectivity index (χ2v) is 6.64. The molecule has 98 valence electrons. The van der Waals surface area contributed by atoms with Crippen molar-refractivity contribution >= 4 is 37.5 Å². The molecule has 0 saturated carbocycles. The van der Waals surface area contributed by atoms with E-state index in [1.807, 2.05) is 0 Å². The van der Waals surface area contributed by atoms with Crippen LogP contribution in [0.1, 0.15) is 6.42 Å². The van der Waals surface area contributed by atoms with Crippen LogP contribution in [0.5, 0.6) is 0 Å². The maximum absolute atomic E-state index is 11.8. The smallest absolute Gasteiger partial charge is 0.228 e. The van der Waals surface area contributed by atoms with Crippen LogP contribution in [0.3, 0.4) is 0 Å². The number of hydrogen-bond donors (Lipinski definition) is 2. The first-order chi connectivity index (χ1) is 8.30. The number of carbonyl (C=O) groups is 1. The van der Waals surface area contributed by atoms with Gasteiger partial charge >= 0.3 is 0 Å². The van der Waals surface area contributed by atoms with Gasteiger partial charge in [-0.3, -0.25) is 9.59 Å². The number of nitrogens with zero attached hydrogens (tertiary/aromatic N) is 1. The number of anilines is 1. The minimum Gasteiger partial charge on any atom is -0.365 e. The summed E-state index contributed by atoms with van der Waals surface area (Å²) >= 11 is 3.04. The molecule has 1 atom stereocenters. The summed E-state index contributed by atoms with van der Waals surface area (Å²) in [5.41, 5.74) is -0.266. The Morgan fingerprint density at radius 1 is 1.39 bits per heavy atom. The maximum atomic E-state index is 11.8. The number of primary sulfonamides is 1. The molecule has 1 saturated heterocycles. The molecule has 1 aliphatic heterocycles. The van der Waals surface area contributed by atoms with Crippen molar-refractivity contribution in [3.05, 3.63) is 27.1 Å². The van der Waals surface area contributed by atoms with Crippen LogP contribution < -0.4 is 15.5 Å². The molecule has 1 amide bonds. The Bertz CT molecular complexity index is 654. The largest absolute Gasteiger partial charge is 0.365 e. The SMILES string of the molecule is NS(=O)(=O)C1CC(=O)N(c2c[nH]cc(Br)c2=O)C1. The summed E-state index contributed by atoms with van der Waals surface area (Å²) in [6.45, 7) is -0.1000. The van der Waals surface area contributed by atoms with Gasteiger partial charge in [-0.1, -0.05) is 0 Å². The Morgan fingerprint density at radius 2 is 2.06 bits per heavy atom. The molecular formula is C9H10BrN3O4S. The lowest BCUT2D eigenvalue weighted by atomic mass is 10.3. The maximum Gasteiger partial charge on any atom is 0.228 e. The molecule has 0 aliphatic carbocycles. The van der Waals surface area contributed by atoms with Gasteiger partial charge in [0.1, 0.15) is 10.9 Å². The van der Waals surface area contributed by atoms with Crippen molar-refractivity contribution in [2.24, 2.45) is 5.14 Å². The number of nitrogens with one attached hydrogen (secondary N) is 1. The van der Waals surface area contributed by atoms with Gasteiger partial charge in [-0.25, -0.2) is 13.6 Å². The third-order valence-electron chi connectivity index (χ3n) is 2.72. The standard InChI is InChI=1S/C9H10BrN3O4S/c10-6-2-12-3-7(9(6)15)13-4-5(1-8(13)14)18(11,16)17/h2-3,5H,1,4H2,(H,12,15)(H2,11,16,17). The first-order valence-electron chi connectivity index (χ1n) is 4.99. The highest BCUT2D eigenvalue weighted by Crippen LogP contribution is 2.22. The topological polar surface area (TPSA) is 113 Å². The number of amides is 1. The number of carbonyl (C=O) groups excluding carboxylic acids is 1. The van der Waals surface area contributed by atoms with E-state index < -0.39 is 21.2 Å². The van der Waals surface area contributed by atoms with E-state index in [0.29, 0.717) is 0 Å². The lowest BCUT2D eigenvalue weighted by molar-refractivity contribution is -0.117. The van der Waals surface area contributed by atoms with Crippen molar-refractivity contribution in [3.63, 3.8) is 0 Å². The number of aromatic amines is 1. The van der Waals surface area contributed by atoms with Gasteiger partial charge in [-0.05, 0) is 15.9 Å². The van der Waals surface area contributed by atoms with Crippen LogP contribution in [-0.4, -0.2) is 31.1 Å². The summed E-state index contributed by atoms with van der Waals surface area (Å²) in [5, 5.41) is 4.04. The highest BCUT2D eigenvalue weighted by atomic mass is 79.9. The normalized spacial score (nSPS) is 20.4. The number of hydrogen-bond acceptors (Lipinski definition) is 4. The van der Waals surface area contributed by atoms with E-state index in [1.165, 1.54) is 12.4 Å². The van der Waals surface area contributed by atoms with Gasteiger partial charge in [0.25, 0.3) is 0 Å². The summed E-state index contributed by atoms with van der Waals surface area (Å²) in [6.07, 6.45) is 2.59. The van der Waals surface area contributed by atoms with Crippen molar-refractivity contribution in [1.82, 2.24) is 4.98 Å². The van der Waals surface area contributed by atoms with Gasteiger partial charge in [0.15, 0.2) is 0 Å². The van der Waals surface area contributed by atoms with Crippen LogP contribution in [0.4, 0.5) is 5.69 Å². The Kier molecular flexibility index (Phi) is 3.30. The van der Waals surface area contributed by atoms with Gasteiger partial charge in [-0.15, -0.1) is 0 Å². The monoisotopic (exact) mass is 335 g/mol. The zero-order valence-electron chi connectivity index (χ0n) is 9.09. The molecule has 1 unspecified atom stereocenters. The Hall–Kier alpha value is -1.19. The number of sulfonamides is 1. The molecule has 2 rings (SSSR count). The summed E-state index contributed by atoms with van der Waals surface area (Å²) < 4.78 is 22.7. The van der Waals surface area contributed by atoms with E-state index in [4.69, 9.17) is 5.14 Å². The lowest BCUT2D eigenvalue weighted by Gasteiger charge is -2.15. The third kappa shape index (κ3) is 2.33. The predicted octanol–water partition coefficient (Wildman–Crippen LogP) is -0.469. The molecule has 18 heavy (non-hydrogen) atoms. The third-order valence-corrected chi connectivity index (χ3v) is 4.56. The van der Waals surface area contributed by atoms with Gasteiger partial charge in [0.05, 0.1) is 4.47 Å². The minimum atomic E-state index is -3.79. The van der Waals surface area contributed by atoms with Crippen molar-refractivity contribution < 1.29 is 13.2 Å². The second kappa shape index (κ2) is 4.48. The van der Waals surface area contributed by atoms with Crippen LogP contribution in [0.2, 0.25) is 0 Å². The first-order valence-corrected chi connectivity index (χ1v) is 7.39. The highest BCUT2D eigenvalue weighted by molar-refractivity contribution is 9.10. The second-order valence-electron chi connectivity index (χ2n) is 3.94. The summed E-state index contributed by atoms with van der Waals surface area (Å²) in [6, 6.07) is 0. The molecule has 3 N–H and O–H groups in total. The summed E-state index contributed by atoms with van der Waals surface area (Å²) in [7, 11) is -3.79. The van der Waals surface area contributed by atoms with E-state index >= 15 is 0 Å². The molecule has 0 aromatic carbocycles. The number of nitrogens with two attached hydrogens (primary N) is 1. The van der Waals surface area contributed by atoms with Crippen molar-refractivity contribution in [1.29, 1.82) is 0 Å². The molecular weight excluding hydrogens is 326 g/mol. The molecule has 2 heterocycles. The molecule has 1 aromatic rings. The minimum absolute atomic E-state index is 0.1000. The zero-order chi connectivity index (χ0) is 13.5. The quantitative estimate of drug-likeness (QED) is 0.760. The number of halogens is 1. The average Bonchev–Trinajstić information content (AvgIpc) is 2.64. The Morgan fingerprint density at radius 3 is 2.61 bits per heavy atom. The average molecular weight is 336 g/mol. The molecule has 7 nitrogen and oxygen atoms in total. The molecule has 1 fully saturated rings. The van der Waals surface area contributed by atoms with Crippen molar-refractivity contribution in [2.75, 3.05) is 11.4 Å². The first kappa shape index (κ1) is 13.2. The van der Waals surface area contributed by atoms with Crippen LogP contribution in [0, 0.1) is 0 Å². The molecule has 1 aliphatic rings. The molecule has 0 radical (unpaired) electrons. The number of rotatable bonds is 2. The fourth-order valence-electron chi connectivity index (χ4n) is 1.78. The van der Waals surface area contributed by atoms with Crippen LogP contribution in [-0.2, 0) is 14.8 Å². The van der Waals surface area contributed by atoms with E-state index in [9.17, 15) is 18.0 Å². The van der Waals surface area contributed by atoms with Crippen LogP contribution >= 0.6 is 15.9 Å². The summed E-state index contributed by atoms with van der Waals surface area (Å²) in [4.78, 5) is 27.4. The fraction of sp³-hybridized carbons (Fsp3) is 0.333. The van der Waals surface area contributed by atoms with Gasteiger partial charge in [-0.2, -0.15) is 0 Å². The van der Waals surface area contributed by atoms with Gasteiger partial charge in [0.2, 0.25) is 21.4 Å². The summed E-state index contributed by atoms with van der Waals surface area (Å²) in [5.74, 6) is -0.433. The molecule has 0 bridgehead atoms. The van der Waals surface area contributed by atoms with E-state index in [-0.39, 0.29) is 28.6 Å². The molecule has 0 spiro atoms. The highest BCUT2D eigenvalue weighted by Gasteiger charge is 2.38. The van der Waals surface area contributed by atoms with Gasteiger partial charge in [0, 0.05) is 25.4 Å². The van der Waals surface area contributed by atoms with E-state index in [2.05, 4.69) is 20.9 Å². The van der Waals surface area contributed by atoms with E-state index in [0.717, 1.165) is 4.90 Å².